The Morgan fingerprint density at radius 2 is 1.96 bits per heavy atom. The highest BCUT2D eigenvalue weighted by molar-refractivity contribution is 7.89. The molecule has 8 nitrogen and oxygen atoms in total. The lowest BCUT2D eigenvalue weighted by Crippen LogP contribution is -3.19. The van der Waals surface area contributed by atoms with Crippen molar-refractivity contribution in [3.63, 3.8) is 0 Å². The molecule has 0 aliphatic carbocycles. The molecule has 0 saturated carbocycles. The SMILES string of the molecule is C[C@@H](C(=O)N1CCNC1=O)[NH+]1CCN(S(=O)(=O)c2cccc(F)c2)CC1. The minimum atomic E-state index is -3.76. The summed E-state index contributed by atoms with van der Waals surface area (Å²) < 4.78 is 39.9. The standard InChI is InChI=1S/C16H21FN4O4S/c1-12(15(22)21-6-5-18-16(21)23)19-7-9-20(10-8-19)26(24,25)14-4-2-3-13(17)11-14/h2-4,11-12H,5-10H2,1H3,(H,18,23)/p+1/t12-/m0/s1. The van der Waals surface area contributed by atoms with Crippen LogP contribution < -0.4 is 10.2 Å². The van der Waals surface area contributed by atoms with Gasteiger partial charge in [0, 0.05) is 13.1 Å². The van der Waals surface area contributed by atoms with Crippen LogP contribution in [0.5, 0.6) is 0 Å². The lowest BCUT2D eigenvalue weighted by Gasteiger charge is -2.34. The second-order valence-electron chi connectivity index (χ2n) is 6.46. The lowest BCUT2D eigenvalue weighted by molar-refractivity contribution is -0.917. The fourth-order valence-corrected chi connectivity index (χ4v) is 4.79. The number of halogens is 1. The van der Waals surface area contributed by atoms with Gasteiger partial charge in [0.15, 0.2) is 6.04 Å². The smallest absolute Gasteiger partial charge is 0.324 e. The Bertz CT molecular complexity index is 808. The van der Waals surface area contributed by atoms with Crippen molar-refractivity contribution in [2.75, 3.05) is 39.3 Å². The van der Waals surface area contributed by atoms with Gasteiger partial charge in [0.1, 0.15) is 5.82 Å². The van der Waals surface area contributed by atoms with Crippen molar-refractivity contribution in [2.45, 2.75) is 17.9 Å². The van der Waals surface area contributed by atoms with E-state index in [9.17, 15) is 22.4 Å². The van der Waals surface area contributed by atoms with Crippen molar-refractivity contribution in [3.8, 4) is 0 Å². The lowest BCUT2D eigenvalue weighted by atomic mass is 10.2. The predicted octanol–water partition coefficient (Wildman–Crippen LogP) is -1.34. The molecule has 0 spiro atoms. The van der Waals surface area contributed by atoms with Crippen LogP contribution in [0.3, 0.4) is 0 Å². The van der Waals surface area contributed by atoms with Crippen molar-refractivity contribution in [3.05, 3.63) is 30.1 Å². The number of nitrogens with zero attached hydrogens (tertiary/aromatic N) is 2. The van der Waals surface area contributed by atoms with Crippen LogP contribution >= 0.6 is 0 Å². The van der Waals surface area contributed by atoms with E-state index >= 15 is 0 Å². The fourth-order valence-electron chi connectivity index (χ4n) is 3.31. The largest absolute Gasteiger partial charge is 0.336 e. The molecule has 1 aromatic rings. The highest BCUT2D eigenvalue weighted by Gasteiger charge is 2.38. The molecule has 3 rings (SSSR count). The van der Waals surface area contributed by atoms with Gasteiger partial charge in [0.05, 0.1) is 31.1 Å². The first kappa shape index (κ1) is 18.7. The van der Waals surface area contributed by atoms with Gasteiger partial charge in [-0.2, -0.15) is 4.31 Å². The first-order chi connectivity index (χ1) is 12.3. The molecule has 142 valence electrons. The topological polar surface area (TPSA) is 91.2 Å². The number of amides is 3. The molecule has 1 aromatic carbocycles. The second kappa shape index (κ2) is 7.29. The maximum absolute atomic E-state index is 13.3. The summed E-state index contributed by atoms with van der Waals surface area (Å²) in [7, 11) is -3.76. The van der Waals surface area contributed by atoms with Crippen LogP contribution in [-0.2, 0) is 14.8 Å². The van der Waals surface area contributed by atoms with Crippen molar-refractivity contribution in [2.24, 2.45) is 0 Å². The number of imide groups is 1. The Hall–Kier alpha value is -2.04. The van der Waals surface area contributed by atoms with Crippen molar-refractivity contribution in [1.29, 1.82) is 0 Å². The van der Waals surface area contributed by atoms with Gasteiger partial charge in [0.2, 0.25) is 10.0 Å². The number of nitrogens with one attached hydrogen (secondary N) is 2. The zero-order valence-electron chi connectivity index (χ0n) is 14.4. The van der Waals surface area contributed by atoms with Gasteiger partial charge in [-0.15, -0.1) is 0 Å². The summed E-state index contributed by atoms with van der Waals surface area (Å²) in [5.41, 5.74) is 0. The van der Waals surface area contributed by atoms with E-state index in [1.165, 1.54) is 27.4 Å². The molecule has 2 aliphatic heterocycles. The Balaban J connectivity index is 1.63. The number of hydrogen-bond donors (Lipinski definition) is 2. The molecule has 0 bridgehead atoms. The Kier molecular flexibility index (Phi) is 5.26. The third kappa shape index (κ3) is 3.57. The molecule has 26 heavy (non-hydrogen) atoms. The highest BCUT2D eigenvalue weighted by Crippen LogP contribution is 2.16. The van der Waals surface area contributed by atoms with Gasteiger partial charge in [0.25, 0.3) is 5.91 Å². The van der Waals surface area contributed by atoms with Gasteiger partial charge in [-0.05, 0) is 25.1 Å². The van der Waals surface area contributed by atoms with E-state index < -0.39 is 21.9 Å². The number of piperazine rings is 1. The van der Waals surface area contributed by atoms with Crippen LogP contribution in [-0.4, -0.2) is 74.9 Å². The number of rotatable bonds is 4. The molecule has 3 amide bonds. The normalized spacial score (nSPS) is 20.8. The molecule has 0 radical (unpaired) electrons. The van der Waals surface area contributed by atoms with Crippen LogP contribution in [0.1, 0.15) is 6.92 Å². The third-order valence-corrected chi connectivity index (χ3v) is 6.80. The number of carbonyl (C=O) groups is 2. The summed E-state index contributed by atoms with van der Waals surface area (Å²) >= 11 is 0. The molecule has 0 aromatic heterocycles. The van der Waals surface area contributed by atoms with E-state index in [1.54, 1.807) is 6.92 Å². The molecular weight excluding hydrogens is 363 g/mol. The van der Waals surface area contributed by atoms with Gasteiger partial charge in [-0.25, -0.2) is 17.6 Å². The quantitative estimate of drug-likeness (QED) is 0.671. The van der Waals surface area contributed by atoms with E-state index in [1.807, 2.05) is 0 Å². The van der Waals surface area contributed by atoms with Crippen LogP contribution in [0.25, 0.3) is 0 Å². The summed E-state index contributed by atoms with van der Waals surface area (Å²) in [5, 5.41) is 2.60. The predicted molar refractivity (Wildman–Crippen MR) is 90.4 cm³/mol. The molecule has 10 heteroatoms. The molecule has 2 fully saturated rings. The van der Waals surface area contributed by atoms with Gasteiger partial charge in [-0.3, -0.25) is 9.69 Å². The molecule has 0 unspecified atom stereocenters. The minimum absolute atomic E-state index is 0.0705. The summed E-state index contributed by atoms with van der Waals surface area (Å²) in [6.45, 7) is 3.91. The number of quaternary nitrogens is 1. The van der Waals surface area contributed by atoms with Crippen molar-refractivity contribution >= 4 is 22.0 Å². The molecule has 2 saturated heterocycles. The maximum Gasteiger partial charge on any atom is 0.324 e. The number of hydrogen-bond acceptors (Lipinski definition) is 4. The number of urea groups is 1. The molecular formula is C16H22FN4O4S+. The minimum Gasteiger partial charge on any atom is -0.336 e. The van der Waals surface area contributed by atoms with E-state index in [0.29, 0.717) is 26.2 Å². The second-order valence-corrected chi connectivity index (χ2v) is 8.40. The molecule has 2 N–H and O–H groups in total. The zero-order valence-corrected chi connectivity index (χ0v) is 15.3. The first-order valence-electron chi connectivity index (χ1n) is 8.50. The third-order valence-electron chi connectivity index (χ3n) is 4.90. The van der Waals surface area contributed by atoms with Gasteiger partial charge >= 0.3 is 6.03 Å². The van der Waals surface area contributed by atoms with E-state index in [-0.39, 0.29) is 29.9 Å². The van der Waals surface area contributed by atoms with Gasteiger partial charge in [-0.1, -0.05) is 6.07 Å². The highest BCUT2D eigenvalue weighted by atomic mass is 32.2. The van der Waals surface area contributed by atoms with Crippen molar-refractivity contribution < 1.29 is 27.3 Å². The van der Waals surface area contributed by atoms with Crippen LogP contribution in [0, 0.1) is 5.82 Å². The average molecular weight is 385 g/mol. The monoisotopic (exact) mass is 385 g/mol. The van der Waals surface area contributed by atoms with Gasteiger partial charge < -0.3 is 10.2 Å². The molecule has 1 atom stereocenters. The first-order valence-corrected chi connectivity index (χ1v) is 9.94. The Morgan fingerprint density at radius 1 is 1.27 bits per heavy atom. The Morgan fingerprint density at radius 3 is 2.54 bits per heavy atom. The summed E-state index contributed by atoms with van der Waals surface area (Å²) in [6.07, 6.45) is 0. The van der Waals surface area contributed by atoms with E-state index in [2.05, 4.69) is 5.32 Å². The van der Waals surface area contributed by atoms with E-state index in [0.717, 1.165) is 11.0 Å². The number of sulfonamides is 1. The number of benzene rings is 1. The Labute approximate surface area is 151 Å². The van der Waals surface area contributed by atoms with E-state index in [4.69, 9.17) is 0 Å². The van der Waals surface area contributed by atoms with Crippen LogP contribution in [0.4, 0.5) is 9.18 Å². The summed E-state index contributed by atoms with van der Waals surface area (Å²) in [5.74, 6) is -0.852. The average Bonchev–Trinajstić information content (AvgIpc) is 3.06. The molecule has 2 heterocycles. The maximum atomic E-state index is 13.3. The van der Waals surface area contributed by atoms with Crippen molar-refractivity contribution in [1.82, 2.24) is 14.5 Å². The fraction of sp³-hybridized carbons (Fsp3) is 0.500. The zero-order chi connectivity index (χ0) is 18.9. The summed E-state index contributed by atoms with van der Waals surface area (Å²) in [6, 6.07) is 4.13. The number of carbonyl (C=O) groups excluding carboxylic acids is 2. The van der Waals surface area contributed by atoms with Crippen LogP contribution in [0.15, 0.2) is 29.2 Å². The van der Waals surface area contributed by atoms with Crippen LogP contribution in [0.2, 0.25) is 0 Å². The molecule has 2 aliphatic rings. The summed E-state index contributed by atoms with van der Waals surface area (Å²) in [4.78, 5) is 26.2.